The van der Waals surface area contributed by atoms with Crippen LogP contribution in [0.2, 0.25) is 0 Å². The molecule has 0 radical (unpaired) electrons. The van der Waals surface area contributed by atoms with Crippen LogP contribution in [0.3, 0.4) is 0 Å². The Morgan fingerprint density at radius 1 is 1.14 bits per heavy atom. The maximum Gasteiger partial charge on any atom is 0.211 e. The van der Waals surface area contributed by atoms with Crippen molar-refractivity contribution in [1.82, 2.24) is 14.9 Å². The number of guanidine groups is 1. The van der Waals surface area contributed by atoms with Crippen molar-refractivity contribution in [3.8, 4) is 5.75 Å². The SMILES string of the molecule is CCNC(=NCc1ccccc1OCC1CC1)NCC1CCN(S(C)(=O)=O)CC1. The minimum atomic E-state index is -3.07. The molecule has 0 amide bonds. The molecule has 0 bridgehead atoms. The van der Waals surface area contributed by atoms with Gasteiger partial charge in [-0.15, -0.1) is 0 Å². The third-order valence-electron chi connectivity index (χ3n) is 5.50. The number of nitrogens with one attached hydrogen (secondary N) is 2. The first-order chi connectivity index (χ1) is 14.0. The number of hydrogen-bond acceptors (Lipinski definition) is 4. The molecule has 3 rings (SSSR count). The van der Waals surface area contributed by atoms with Crippen LogP contribution in [-0.2, 0) is 16.6 Å². The molecule has 29 heavy (non-hydrogen) atoms. The molecule has 7 nitrogen and oxygen atoms in total. The summed E-state index contributed by atoms with van der Waals surface area (Å²) >= 11 is 0. The van der Waals surface area contributed by atoms with Crippen molar-refractivity contribution in [3.05, 3.63) is 29.8 Å². The van der Waals surface area contributed by atoms with Gasteiger partial charge in [-0.2, -0.15) is 0 Å². The molecule has 2 aliphatic rings. The fraction of sp³-hybridized carbons (Fsp3) is 0.667. The van der Waals surface area contributed by atoms with Crippen molar-refractivity contribution in [2.24, 2.45) is 16.8 Å². The molecule has 0 spiro atoms. The lowest BCUT2D eigenvalue weighted by atomic mass is 9.98. The molecule has 0 atom stereocenters. The zero-order valence-corrected chi connectivity index (χ0v) is 18.4. The normalized spacial score (nSPS) is 19.2. The number of sulfonamides is 1. The third kappa shape index (κ3) is 7.19. The van der Waals surface area contributed by atoms with Gasteiger partial charge in [0.2, 0.25) is 10.0 Å². The van der Waals surface area contributed by atoms with E-state index in [4.69, 9.17) is 9.73 Å². The van der Waals surface area contributed by atoms with E-state index in [0.29, 0.717) is 25.6 Å². The molecular weight excluding hydrogens is 388 g/mol. The van der Waals surface area contributed by atoms with Gasteiger partial charge < -0.3 is 15.4 Å². The van der Waals surface area contributed by atoms with Gasteiger partial charge in [0.25, 0.3) is 0 Å². The fourth-order valence-corrected chi connectivity index (χ4v) is 4.33. The van der Waals surface area contributed by atoms with Gasteiger partial charge in [-0.1, -0.05) is 18.2 Å². The Hall–Kier alpha value is -1.80. The summed E-state index contributed by atoms with van der Waals surface area (Å²) in [5.41, 5.74) is 1.09. The molecule has 0 unspecified atom stereocenters. The Balaban J connectivity index is 1.51. The number of rotatable bonds is 9. The lowest BCUT2D eigenvalue weighted by Gasteiger charge is -2.30. The molecule has 2 N–H and O–H groups in total. The fourth-order valence-electron chi connectivity index (χ4n) is 3.46. The van der Waals surface area contributed by atoms with Crippen molar-refractivity contribution >= 4 is 16.0 Å². The summed E-state index contributed by atoms with van der Waals surface area (Å²) in [6, 6.07) is 8.10. The van der Waals surface area contributed by atoms with Crippen molar-refractivity contribution in [3.63, 3.8) is 0 Å². The first-order valence-electron chi connectivity index (χ1n) is 10.6. The van der Waals surface area contributed by atoms with Crippen LogP contribution < -0.4 is 15.4 Å². The Morgan fingerprint density at radius 2 is 1.86 bits per heavy atom. The van der Waals surface area contributed by atoms with Crippen LogP contribution in [0.5, 0.6) is 5.75 Å². The monoisotopic (exact) mass is 422 g/mol. The second-order valence-electron chi connectivity index (χ2n) is 8.04. The number of para-hydroxylation sites is 1. The molecule has 1 aromatic carbocycles. The average molecular weight is 423 g/mol. The highest BCUT2D eigenvalue weighted by Crippen LogP contribution is 2.30. The van der Waals surface area contributed by atoms with E-state index in [2.05, 4.69) is 23.6 Å². The van der Waals surface area contributed by atoms with E-state index >= 15 is 0 Å². The van der Waals surface area contributed by atoms with E-state index in [0.717, 1.165) is 55.7 Å². The van der Waals surface area contributed by atoms with Crippen LogP contribution in [0.1, 0.15) is 38.2 Å². The lowest BCUT2D eigenvalue weighted by molar-refractivity contribution is 0.275. The smallest absolute Gasteiger partial charge is 0.211 e. The van der Waals surface area contributed by atoms with Gasteiger partial charge in [-0.3, -0.25) is 0 Å². The Labute approximate surface area is 175 Å². The number of hydrogen-bond donors (Lipinski definition) is 2. The molecule has 1 saturated heterocycles. The van der Waals surface area contributed by atoms with Gasteiger partial charge >= 0.3 is 0 Å². The highest BCUT2D eigenvalue weighted by molar-refractivity contribution is 7.88. The summed E-state index contributed by atoms with van der Waals surface area (Å²) < 4.78 is 30.9. The van der Waals surface area contributed by atoms with E-state index in [9.17, 15) is 8.42 Å². The summed E-state index contributed by atoms with van der Waals surface area (Å²) in [7, 11) is -3.07. The van der Waals surface area contributed by atoms with Crippen LogP contribution in [-0.4, -0.2) is 57.7 Å². The largest absolute Gasteiger partial charge is 0.493 e. The second-order valence-corrected chi connectivity index (χ2v) is 10.0. The van der Waals surface area contributed by atoms with Crippen molar-refractivity contribution < 1.29 is 13.2 Å². The Bertz CT molecular complexity index is 785. The van der Waals surface area contributed by atoms with Gasteiger partial charge in [0.05, 0.1) is 19.4 Å². The van der Waals surface area contributed by atoms with Crippen LogP contribution in [0.4, 0.5) is 0 Å². The van der Waals surface area contributed by atoms with Gasteiger partial charge in [0.1, 0.15) is 5.75 Å². The molecule has 1 saturated carbocycles. The zero-order chi connectivity index (χ0) is 20.7. The van der Waals surface area contributed by atoms with Crippen molar-refractivity contribution in [2.75, 3.05) is 39.0 Å². The first-order valence-corrected chi connectivity index (χ1v) is 12.5. The predicted molar refractivity (Wildman–Crippen MR) is 117 cm³/mol. The number of aliphatic imine (C=N–C) groups is 1. The van der Waals surface area contributed by atoms with Crippen LogP contribution in [0, 0.1) is 11.8 Å². The van der Waals surface area contributed by atoms with E-state index < -0.39 is 10.0 Å². The average Bonchev–Trinajstić information content (AvgIpc) is 3.53. The molecule has 162 valence electrons. The van der Waals surface area contributed by atoms with E-state index in [1.807, 2.05) is 18.2 Å². The van der Waals surface area contributed by atoms with Crippen molar-refractivity contribution in [2.45, 2.75) is 39.2 Å². The number of ether oxygens (including phenoxy) is 1. The summed E-state index contributed by atoms with van der Waals surface area (Å²) in [6.07, 6.45) is 5.58. The molecule has 1 aliphatic heterocycles. The summed E-state index contributed by atoms with van der Waals surface area (Å²) in [6.45, 7) is 6.19. The van der Waals surface area contributed by atoms with Gasteiger partial charge in [-0.25, -0.2) is 17.7 Å². The maximum absolute atomic E-state index is 11.6. The summed E-state index contributed by atoms with van der Waals surface area (Å²) in [5.74, 6) is 2.88. The quantitative estimate of drug-likeness (QED) is 0.471. The number of piperidine rings is 1. The highest BCUT2D eigenvalue weighted by atomic mass is 32.2. The highest BCUT2D eigenvalue weighted by Gasteiger charge is 2.25. The Morgan fingerprint density at radius 3 is 2.52 bits per heavy atom. The summed E-state index contributed by atoms with van der Waals surface area (Å²) in [4.78, 5) is 4.73. The molecule has 0 aromatic heterocycles. The molecule has 1 heterocycles. The van der Waals surface area contributed by atoms with Crippen molar-refractivity contribution in [1.29, 1.82) is 0 Å². The first kappa shape index (κ1) is 21.9. The van der Waals surface area contributed by atoms with Gasteiger partial charge in [0.15, 0.2) is 5.96 Å². The van der Waals surface area contributed by atoms with E-state index in [-0.39, 0.29) is 0 Å². The number of nitrogens with zero attached hydrogens (tertiary/aromatic N) is 2. The van der Waals surface area contributed by atoms with Gasteiger partial charge in [0, 0.05) is 31.7 Å². The summed E-state index contributed by atoms with van der Waals surface area (Å²) in [5, 5.41) is 6.72. The third-order valence-corrected chi connectivity index (χ3v) is 6.80. The van der Waals surface area contributed by atoms with Crippen LogP contribution in [0.15, 0.2) is 29.3 Å². The minimum absolute atomic E-state index is 0.450. The van der Waals surface area contributed by atoms with E-state index in [1.54, 1.807) is 4.31 Å². The minimum Gasteiger partial charge on any atom is -0.493 e. The molecule has 8 heteroatoms. The zero-order valence-electron chi connectivity index (χ0n) is 17.6. The molecular formula is C21H34N4O3S. The van der Waals surface area contributed by atoms with Crippen LogP contribution >= 0.6 is 0 Å². The predicted octanol–water partition coefficient (Wildman–Crippen LogP) is 2.20. The maximum atomic E-state index is 11.6. The van der Waals surface area contributed by atoms with Crippen LogP contribution in [0.25, 0.3) is 0 Å². The second kappa shape index (κ2) is 10.3. The lowest BCUT2D eigenvalue weighted by Crippen LogP contribution is -2.44. The molecule has 1 aromatic rings. The topological polar surface area (TPSA) is 83.0 Å². The Kier molecular flexibility index (Phi) is 7.77. The standard InChI is InChI=1S/C21H34N4O3S/c1-3-22-21(23-14-17-10-12-25(13-11-17)29(2,26)27)24-15-19-6-4-5-7-20(19)28-16-18-8-9-18/h4-7,17-18H,3,8-16H2,1-2H3,(H2,22,23,24). The molecule has 1 aliphatic carbocycles. The van der Waals surface area contributed by atoms with E-state index in [1.165, 1.54) is 19.1 Å². The van der Waals surface area contributed by atoms with Gasteiger partial charge in [-0.05, 0) is 50.5 Å². The number of benzene rings is 1. The molecule has 2 fully saturated rings.